The molecule has 8 heteroatoms. The van der Waals surface area contributed by atoms with E-state index in [0.29, 0.717) is 11.8 Å². The summed E-state index contributed by atoms with van der Waals surface area (Å²) in [5, 5.41) is 17.7. The maximum Gasteiger partial charge on any atom is 0.191 e. The average molecular weight is 533 g/mol. The molecule has 0 radical (unpaired) electrons. The van der Waals surface area contributed by atoms with Gasteiger partial charge in [0.15, 0.2) is 5.96 Å². The Balaban J connectivity index is 0.00000300. The lowest BCUT2D eigenvalue weighted by Crippen LogP contribution is -2.48. The summed E-state index contributed by atoms with van der Waals surface area (Å²) in [6, 6.07) is 12.0. The highest BCUT2D eigenvalue weighted by Crippen LogP contribution is 2.16. The summed E-state index contributed by atoms with van der Waals surface area (Å²) in [4.78, 5) is 6.98. The molecule has 1 saturated heterocycles. The van der Waals surface area contributed by atoms with Crippen LogP contribution < -0.4 is 10.6 Å². The highest BCUT2D eigenvalue weighted by molar-refractivity contribution is 14.0. The second kappa shape index (κ2) is 12.4. The molecule has 1 aromatic carbocycles. The highest BCUT2D eigenvalue weighted by Gasteiger charge is 2.20. The van der Waals surface area contributed by atoms with E-state index >= 15 is 0 Å². The topological polar surface area (TPSA) is 73.0 Å². The number of halogens is 2. The van der Waals surface area contributed by atoms with Gasteiger partial charge in [0.25, 0.3) is 0 Å². The largest absolute Gasteiger partial charge is 0.467 e. The van der Waals surface area contributed by atoms with Crippen LogP contribution in [-0.2, 0) is 6.54 Å². The fraction of sp³-hybridized carbons (Fsp3) is 0.476. The molecule has 3 N–H and O–H groups in total. The summed E-state index contributed by atoms with van der Waals surface area (Å²) >= 11 is 5.96. The molecule has 0 amide bonds. The van der Waals surface area contributed by atoms with Gasteiger partial charge in [-0.2, -0.15) is 0 Å². The quantitative estimate of drug-likeness (QED) is 0.287. The maximum atomic E-state index is 10.2. The van der Waals surface area contributed by atoms with E-state index in [1.807, 2.05) is 19.1 Å². The number of furan rings is 1. The van der Waals surface area contributed by atoms with Crippen LogP contribution >= 0.6 is 35.6 Å². The SMILES string of the molecule is CCNC(=NCC(O)c1ccco1)NC1CCN(Cc2ccc(Cl)cc2)CC1.I. The molecule has 2 heterocycles. The number of nitrogens with zero attached hydrogens (tertiary/aromatic N) is 2. The van der Waals surface area contributed by atoms with E-state index in [4.69, 9.17) is 16.0 Å². The van der Waals surface area contributed by atoms with Gasteiger partial charge in [-0.25, -0.2) is 0 Å². The third kappa shape index (κ3) is 7.81. The summed E-state index contributed by atoms with van der Waals surface area (Å²) in [6.45, 7) is 6.10. The molecule has 6 nitrogen and oxygen atoms in total. The van der Waals surface area contributed by atoms with Crippen molar-refractivity contribution in [3.05, 3.63) is 59.0 Å². The Morgan fingerprint density at radius 3 is 2.62 bits per heavy atom. The Morgan fingerprint density at radius 1 is 1.28 bits per heavy atom. The van der Waals surface area contributed by atoms with Gasteiger partial charge in [0.05, 0.1) is 12.8 Å². The normalized spacial score (nSPS) is 16.9. The van der Waals surface area contributed by atoms with Gasteiger partial charge in [-0.05, 0) is 49.6 Å². The molecule has 0 saturated carbocycles. The van der Waals surface area contributed by atoms with Gasteiger partial charge < -0.3 is 20.2 Å². The van der Waals surface area contributed by atoms with Crippen molar-refractivity contribution >= 4 is 41.5 Å². The molecular formula is C21H30ClIN4O2. The number of guanidine groups is 1. The highest BCUT2D eigenvalue weighted by atomic mass is 127. The fourth-order valence-electron chi connectivity index (χ4n) is 3.35. The first-order chi connectivity index (χ1) is 13.6. The van der Waals surface area contributed by atoms with Crippen molar-refractivity contribution in [2.24, 2.45) is 4.99 Å². The second-order valence-corrected chi connectivity index (χ2v) is 7.51. The predicted octanol–water partition coefficient (Wildman–Crippen LogP) is 3.80. The van der Waals surface area contributed by atoms with Crippen LogP contribution in [0.15, 0.2) is 52.1 Å². The van der Waals surface area contributed by atoms with Crippen LogP contribution in [0.4, 0.5) is 0 Å². The summed E-state index contributed by atoms with van der Waals surface area (Å²) < 4.78 is 5.23. The Labute approximate surface area is 194 Å². The fourth-order valence-corrected chi connectivity index (χ4v) is 3.47. The summed E-state index contributed by atoms with van der Waals surface area (Å²) in [5.41, 5.74) is 1.29. The minimum absolute atomic E-state index is 0. The number of nitrogens with one attached hydrogen (secondary N) is 2. The second-order valence-electron chi connectivity index (χ2n) is 7.07. The van der Waals surface area contributed by atoms with Crippen molar-refractivity contribution in [2.75, 3.05) is 26.2 Å². The number of aliphatic imine (C=N–C) groups is 1. The van der Waals surface area contributed by atoms with Crippen LogP contribution in [-0.4, -0.2) is 48.2 Å². The Kier molecular flexibility index (Phi) is 10.3. The molecule has 29 heavy (non-hydrogen) atoms. The van der Waals surface area contributed by atoms with Crippen LogP contribution in [0.5, 0.6) is 0 Å². The Morgan fingerprint density at radius 2 is 2.00 bits per heavy atom. The first-order valence-electron chi connectivity index (χ1n) is 9.87. The number of aliphatic hydroxyl groups is 1. The van der Waals surface area contributed by atoms with E-state index in [9.17, 15) is 5.11 Å². The Hall–Kier alpha value is -1.29. The molecule has 2 aromatic rings. The van der Waals surface area contributed by atoms with E-state index in [1.165, 1.54) is 5.56 Å². The molecule has 0 aliphatic carbocycles. The number of hydrogen-bond acceptors (Lipinski definition) is 4. The van der Waals surface area contributed by atoms with Crippen LogP contribution in [0.3, 0.4) is 0 Å². The zero-order valence-corrected chi connectivity index (χ0v) is 19.8. The lowest BCUT2D eigenvalue weighted by molar-refractivity contribution is 0.158. The van der Waals surface area contributed by atoms with Gasteiger partial charge in [-0.1, -0.05) is 23.7 Å². The van der Waals surface area contributed by atoms with Gasteiger partial charge in [-0.15, -0.1) is 24.0 Å². The summed E-state index contributed by atoms with van der Waals surface area (Å²) in [7, 11) is 0. The standard InChI is InChI=1S/C21H29ClN4O2.HI/c1-2-23-21(24-14-19(27)20-4-3-13-28-20)25-18-9-11-26(12-10-18)15-16-5-7-17(22)8-6-16;/h3-8,13,18-19,27H,2,9-12,14-15H2,1H3,(H2,23,24,25);1H. The van der Waals surface area contributed by atoms with Gasteiger partial charge in [0, 0.05) is 37.2 Å². The van der Waals surface area contributed by atoms with Crippen LogP contribution in [0.25, 0.3) is 0 Å². The zero-order chi connectivity index (χ0) is 19.8. The van der Waals surface area contributed by atoms with Crippen molar-refractivity contribution in [3.63, 3.8) is 0 Å². The van der Waals surface area contributed by atoms with Crippen LogP contribution in [0.2, 0.25) is 5.02 Å². The first kappa shape index (κ1) is 24.0. The predicted molar refractivity (Wildman–Crippen MR) is 128 cm³/mol. The van der Waals surface area contributed by atoms with Gasteiger partial charge in [-0.3, -0.25) is 9.89 Å². The lowest BCUT2D eigenvalue weighted by Gasteiger charge is -2.33. The molecular weight excluding hydrogens is 503 g/mol. The van der Waals surface area contributed by atoms with Crippen molar-refractivity contribution in [1.82, 2.24) is 15.5 Å². The van der Waals surface area contributed by atoms with Crippen LogP contribution in [0, 0.1) is 0 Å². The molecule has 1 aliphatic heterocycles. The molecule has 160 valence electrons. The van der Waals surface area contributed by atoms with E-state index in [2.05, 4.69) is 32.7 Å². The number of piperidine rings is 1. The summed E-state index contributed by atoms with van der Waals surface area (Å²) in [6.07, 6.45) is 2.94. The molecule has 0 bridgehead atoms. The van der Waals surface area contributed by atoms with E-state index in [-0.39, 0.29) is 30.5 Å². The van der Waals surface area contributed by atoms with Gasteiger partial charge in [0.2, 0.25) is 0 Å². The number of benzene rings is 1. The van der Waals surface area contributed by atoms with E-state index < -0.39 is 6.10 Å². The van der Waals surface area contributed by atoms with E-state index in [1.54, 1.807) is 18.4 Å². The van der Waals surface area contributed by atoms with Crippen molar-refractivity contribution < 1.29 is 9.52 Å². The van der Waals surface area contributed by atoms with Crippen LogP contribution in [0.1, 0.15) is 37.2 Å². The monoisotopic (exact) mass is 532 g/mol. The van der Waals surface area contributed by atoms with Crippen molar-refractivity contribution in [3.8, 4) is 0 Å². The average Bonchev–Trinajstić information content (AvgIpc) is 3.24. The van der Waals surface area contributed by atoms with Gasteiger partial charge in [0.1, 0.15) is 11.9 Å². The van der Waals surface area contributed by atoms with E-state index in [0.717, 1.165) is 50.0 Å². The maximum absolute atomic E-state index is 10.2. The number of likely N-dealkylation sites (tertiary alicyclic amines) is 1. The molecule has 1 aliphatic rings. The Bertz CT molecular complexity index is 732. The smallest absolute Gasteiger partial charge is 0.191 e. The minimum Gasteiger partial charge on any atom is -0.467 e. The summed E-state index contributed by atoms with van der Waals surface area (Å²) in [5.74, 6) is 1.28. The minimum atomic E-state index is -0.730. The number of rotatable bonds is 7. The van der Waals surface area contributed by atoms with Crippen molar-refractivity contribution in [1.29, 1.82) is 0 Å². The zero-order valence-electron chi connectivity index (χ0n) is 16.7. The first-order valence-corrected chi connectivity index (χ1v) is 10.2. The molecule has 1 unspecified atom stereocenters. The molecule has 1 aromatic heterocycles. The third-order valence-electron chi connectivity index (χ3n) is 4.89. The number of aliphatic hydroxyl groups excluding tert-OH is 1. The molecule has 1 fully saturated rings. The molecule has 1 atom stereocenters. The van der Waals surface area contributed by atoms with Gasteiger partial charge >= 0.3 is 0 Å². The molecule has 0 spiro atoms. The third-order valence-corrected chi connectivity index (χ3v) is 5.14. The molecule has 3 rings (SSSR count). The number of hydrogen-bond donors (Lipinski definition) is 3. The van der Waals surface area contributed by atoms with Crippen molar-refractivity contribution in [2.45, 2.75) is 38.5 Å². The lowest BCUT2D eigenvalue weighted by atomic mass is 10.0.